The number of alkyl halides is 2. The van der Waals surface area contributed by atoms with E-state index in [1.165, 1.54) is 4.57 Å². The number of hydrogen-bond donors (Lipinski definition) is 3. The third kappa shape index (κ3) is 3.54. The van der Waals surface area contributed by atoms with Crippen molar-refractivity contribution in [3.8, 4) is 17.0 Å². The molecule has 0 spiro atoms. The molecule has 4 aromatic rings. The first-order valence-corrected chi connectivity index (χ1v) is 10.4. The summed E-state index contributed by atoms with van der Waals surface area (Å²) in [4.78, 5) is 16.6. The van der Waals surface area contributed by atoms with Gasteiger partial charge < -0.3 is 24.7 Å². The van der Waals surface area contributed by atoms with E-state index in [-0.39, 0.29) is 6.04 Å². The Labute approximate surface area is 182 Å². The first-order valence-electron chi connectivity index (χ1n) is 10.4. The minimum Gasteiger partial charge on any atom is -0.480 e. The van der Waals surface area contributed by atoms with Crippen molar-refractivity contribution in [3.05, 3.63) is 30.2 Å². The summed E-state index contributed by atoms with van der Waals surface area (Å²) in [6.45, 7) is 3.12. The molecule has 1 saturated carbocycles. The zero-order valence-electron chi connectivity index (χ0n) is 18.0. The van der Waals surface area contributed by atoms with Gasteiger partial charge in [0.05, 0.1) is 35.7 Å². The van der Waals surface area contributed by atoms with E-state index in [0.717, 1.165) is 11.1 Å². The van der Waals surface area contributed by atoms with Gasteiger partial charge in [-0.2, -0.15) is 9.97 Å². The number of benzene rings is 1. The van der Waals surface area contributed by atoms with Gasteiger partial charge in [0.1, 0.15) is 11.5 Å². The van der Waals surface area contributed by atoms with Crippen LogP contribution in [0.5, 0.6) is 5.88 Å². The number of aryl methyl sites for hydroxylation is 1. The molecule has 0 unspecified atom stereocenters. The summed E-state index contributed by atoms with van der Waals surface area (Å²) in [6, 6.07) is 5.67. The predicted octanol–water partition coefficient (Wildman–Crippen LogP) is 3.88. The fourth-order valence-corrected chi connectivity index (χ4v) is 4.51. The average Bonchev–Trinajstić information content (AvgIpc) is 3.26. The monoisotopic (exact) mass is 442 g/mol. The zero-order valence-corrected chi connectivity index (χ0v) is 18.0. The van der Waals surface area contributed by atoms with Gasteiger partial charge in [-0.1, -0.05) is 6.07 Å². The fraction of sp³-hybridized carbons (Fsp3) is 0.409. The number of nitrogens with zero attached hydrogens (tertiary/aromatic N) is 4. The van der Waals surface area contributed by atoms with Crippen LogP contribution in [0, 0.1) is 6.92 Å². The second-order valence-corrected chi connectivity index (χ2v) is 8.59. The van der Waals surface area contributed by atoms with E-state index in [1.54, 1.807) is 21.0 Å². The number of anilines is 1. The molecule has 3 N–H and O–H groups in total. The Morgan fingerprint density at radius 1 is 1.31 bits per heavy atom. The van der Waals surface area contributed by atoms with Gasteiger partial charge >= 0.3 is 0 Å². The van der Waals surface area contributed by atoms with E-state index in [9.17, 15) is 13.9 Å². The smallest absolute Gasteiger partial charge is 0.256 e. The molecule has 0 atom stereocenters. The molecular weight excluding hydrogens is 418 g/mol. The van der Waals surface area contributed by atoms with E-state index in [1.807, 2.05) is 24.4 Å². The lowest BCUT2D eigenvalue weighted by Gasteiger charge is -2.41. The summed E-state index contributed by atoms with van der Waals surface area (Å²) in [5.74, 6) is 1.37. The summed E-state index contributed by atoms with van der Waals surface area (Å²) in [5, 5.41) is 13.9. The highest BCUT2D eigenvalue weighted by Crippen LogP contribution is 2.37. The highest BCUT2D eigenvalue weighted by molar-refractivity contribution is 5.99. The summed E-state index contributed by atoms with van der Waals surface area (Å²) in [5.41, 5.74) is 2.87. The van der Waals surface area contributed by atoms with Crippen LogP contribution in [0.4, 0.5) is 14.7 Å². The van der Waals surface area contributed by atoms with Crippen LogP contribution in [0.15, 0.2) is 24.4 Å². The Morgan fingerprint density at radius 3 is 2.78 bits per heavy atom. The molecule has 10 heteroatoms. The normalized spacial score (nSPS) is 20.8. The summed E-state index contributed by atoms with van der Waals surface area (Å²) in [7, 11) is 1.54. The van der Waals surface area contributed by atoms with Gasteiger partial charge in [-0.05, 0) is 44.4 Å². The van der Waals surface area contributed by atoms with Crippen LogP contribution in [0.3, 0.4) is 0 Å². The molecule has 3 aromatic heterocycles. The number of ether oxygens (including phenoxy) is 1. The third-order valence-electron chi connectivity index (χ3n) is 5.97. The SMILES string of the molecule is COc1nc(NC2CC(C)(O)C2)nc2[nH]cc(-c3ccc4nc(C)n(CC(F)F)c4c3)c12. The summed E-state index contributed by atoms with van der Waals surface area (Å²) < 4.78 is 33.2. The van der Waals surface area contributed by atoms with Gasteiger partial charge in [-0.3, -0.25) is 0 Å². The largest absolute Gasteiger partial charge is 0.480 e. The Kier molecular flexibility index (Phi) is 4.77. The van der Waals surface area contributed by atoms with Crippen LogP contribution in [0.25, 0.3) is 33.2 Å². The van der Waals surface area contributed by atoms with Crippen molar-refractivity contribution in [2.24, 2.45) is 0 Å². The quantitative estimate of drug-likeness (QED) is 0.419. The Morgan fingerprint density at radius 2 is 2.09 bits per heavy atom. The molecule has 3 heterocycles. The number of aliphatic hydroxyl groups is 1. The van der Waals surface area contributed by atoms with Crippen molar-refractivity contribution in [2.45, 2.75) is 51.3 Å². The molecule has 168 valence electrons. The Bertz CT molecular complexity index is 1300. The number of rotatable bonds is 6. The van der Waals surface area contributed by atoms with Gasteiger partial charge in [0.25, 0.3) is 6.43 Å². The second-order valence-electron chi connectivity index (χ2n) is 8.59. The van der Waals surface area contributed by atoms with Crippen LogP contribution >= 0.6 is 0 Å². The van der Waals surface area contributed by atoms with E-state index in [0.29, 0.717) is 52.6 Å². The number of fused-ring (bicyclic) bond motifs is 2. The van der Waals surface area contributed by atoms with Crippen molar-refractivity contribution >= 4 is 28.0 Å². The van der Waals surface area contributed by atoms with Crippen LogP contribution in [0.2, 0.25) is 0 Å². The average molecular weight is 442 g/mol. The summed E-state index contributed by atoms with van der Waals surface area (Å²) >= 11 is 0. The molecule has 8 nitrogen and oxygen atoms in total. The van der Waals surface area contributed by atoms with Crippen LogP contribution in [-0.2, 0) is 6.54 Å². The molecule has 0 amide bonds. The Hall–Kier alpha value is -3.27. The third-order valence-corrected chi connectivity index (χ3v) is 5.97. The van der Waals surface area contributed by atoms with Gasteiger partial charge in [-0.25, -0.2) is 13.8 Å². The van der Waals surface area contributed by atoms with Crippen LogP contribution < -0.4 is 10.1 Å². The molecule has 32 heavy (non-hydrogen) atoms. The van der Waals surface area contributed by atoms with E-state index >= 15 is 0 Å². The van der Waals surface area contributed by atoms with Crippen molar-refractivity contribution < 1.29 is 18.6 Å². The standard InChI is InChI=1S/C22H24F2N6O2/c1-11-26-15-5-4-12(6-16(15)30(11)10-17(23)24)14-9-25-19-18(14)20(32-3)29-21(28-19)27-13-7-22(2,31)8-13/h4-6,9,13,17,31H,7-8,10H2,1-3H3,(H2,25,27,28,29). The number of aromatic nitrogens is 5. The van der Waals surface area contributed by atoms with Gasteiger partial charge in [0.2, 0.25) is 11.8 Å². The molecular formula is C22H24F2N6O2. The highest BCUT2D eigenvalue weighted by Gasteiger charge is 2.38. The number of halogens is 2. The van der Waals surface area contributed by atoms with Crippen LogP contribution in [0.1, 0.15) is 25.6 Å². The molecule has 1 aliphatic carbocycles. The van der Waals surface area contributed by atoms with Gasteiger partial charge in [0, 0.05) is 17.8 Å². The molecule has 0 radical (unpaired) electrons. The Balaban J connectivity index is 1.55. The lowest BCUT2D eigenvalue weighted by molar-refractivity contribution is -0.0236. The number of methoxy groups -OCH3 is 1. The second kappa shape index (κ2) is 7.40. The first kappa shape index (κ1) is 20.6. The first-order chi connectivity index (χ1) is 15.2. The lowest BCUT2D eigenvalue weighted by Crippen LogP contribution is -2.48. The van der Waals surface area contributed by atoms with Crippen LogP contribution in [-0.4, -0.2) is 54.8 Å². The maximum atomic E-state index is 13.1. The fourth-order valence-electron chi connectivity index (χ4n) is 4.51. The van der Waals surface area contributed by atoms with Crippen molar-refractivity contribution in [2.75, 3.05) is 12.4 Å². The predicted molar refractivity (Wildman–Crippen MR) is 117 cm³/mol. The van der Waals surface area contributed by atoms with Crippen molar-refractivity contribution in [1.82, 2.24) is 24.5 Å². The topological polar surface area (TPSA) is 101 Å². The molecule has 1 fully saturated rings. The van der Waals surface area contributed by atoms with Gasteiger partial charge in [-0.15, -0.1) is 0 Å². The number of imidazole rings is 1. The maximum Gasteiger partial charge on any atom is 0.256 e. The molecule has 0 saturated heterocycles. The molecule has 1 aromatic carbocycles. The number of H-pyrrole nitrogens is 1. The highest BCUT2D eigenvalue weighted by atomic mass is 19.3. The molecule has 0 bridgehead atoms. The van der Waals surface area contributed by atoms with E-state index in [2.05, 4.69) is 25.3 Å². The number of nitrogens with one attached hydrogen (secondary N) is 2. The molecule has 5 rings (SSSR count). The summed E-state index contributed by atoms with van der Waals surface area (Å²) in [6.07, 6.45) is 0.583. The number of aromatic amines is 1. The maximum absolute atomic E-state index is 13.1. The van der Waals surface area contributed by atoms with Crippen molar-refractivity contribution in [3.63, 3.8) is 0 Å². The number of hydrogen-bond acceptors (Lipinski definition) is 6. The minimum absolute atomic E-state index is 0.0994. The zero-order chi connectivity index (χ0) is 22.6. The molecule has 1 aliphatic rings. The van der Waals surface area contributed by atoms with E-state index < -0.39 is 18.6 Å². The van der Waals surface area contributed by atoms with Crippen molar-refractivity contribution in [1.29, 1.82) is 0 Å². The lowest BCUT2D eigenvalue weighted by atomic mass is 9.77. The molecule has 0 aliphatic heterocycles. The van der Waals surface area contributed by atoms with E-state index in [4.69, 9.17) is 4.74 Å². The van der Waals surface area contributed by atoms with Gasteiger partial charge in [0.15, 0.2) is 0 Å². The minimum atomic E-state index is -2.47.